The van der Waals surface area contributed by atoms with E-state index in [0.717, 1.165) is 24.2 Å². The maximum Gasteiger partial charge on any atom is 0.234 e. The molecule has 4 nitrogen and oxygen atoms in total. The number of halogens is 1. The maximum atomic E-state index is 14.7. The van der Waals surface area contributed by atoms with Crippen LogP contribution in [0.15, 0.2) is 24.3 Å². The van der Waals surface area contributed by atoms with Crippen LogP contribution in [0.1, 0.15) is 42.7 Å². The summed E-state index contributed by atoms with van der Waals surface area (Å²) in [5.74, 6) is -0.711. The molecule has 1 atom stereocenters. The summed E-state index contributed by atoms with van der Waals surface area (Å²) in [6.07, 6.45) is 2.43. The first-order chi connectivity index (χ1) is 10.6. The molecule has 118 valence electrons. The number of benzene rings is 1. The van der Waals surface area contributed by atoms with Gasteiger partial charge >= 0.3 is 0 Å². The second-order valence-electron chi connectivity index (χ2n) is 6.32. The third-order valence-corrected chi connectivity index (χ3v) is 4.64. The van der Waals surface area contributed by atoms with E-state index in [9.17, 15) is 14.0 Å². The highest BCUT2D eigenvalue weighted by molar-refractivity contribution is 6.00. The quantitative estimate of drug-likeness (QED) is 0.838. The van der Waals surface area contributed by atoms with Crippen LogP contribution < -0.4 is 10.6 Å². The molecule has 2 amide bonds. The van der Waals surface area contributed by atoms with E-state index in [1.54, 1.807) is 0 Å². The minimum atomic E-state index is -1.12. The molecule has 2 aliphatic rings. The Bertz CT molecular complexity index is 565. The van der Waals surface area contributed by atoms with Gasteiger partial charge in [-0.15, -0.1) is 0 Å². The van der Waals surface area contributed by atoms with Crippen molar-refractivity contribution in [3.63, 3.8) is 0 Å². The van der Waals surface area contributed by atoms with Gasteiger partial charge < -0.3 is 5.32 Å². The van der Waals surface area contributed by atoms with Crippen molar-refractivity contribution < 1.29 is 14.0 Å². The predicted molar refractivity (Wildman–Crippen MR) is 81.2 cm³/mol. The smallest absolute Gasteiger partial charge is 0.234 e. The van der Waals surface area contributed by atoms with Crippen molar-refractivity contribution in [1.82, 2.24) is 10.6 Å². The average Bonchev–Trinajstić information content (AvgIpc) is 2.49. The van der Waals surface area contributed by atoms with Gasteiger partial charge in [0.2, 0.25) is 11.8 Å². The van der Waals surface area contributed by atoms with Crippen LogP contribution >= 0.6 is 0 Å². The first-order valence-corrected chi connectivity index (χ1v) is 7.88. The third kappa shape index (κ3) is 3.35. The van der Waals surface area contributed by atoms with Crippen molar-refractivity contribution in [2.24, 2.45) is 0 Å². The molecule has 2 fully saturated rings. The monoisotopic (exact) mass is 304 g/mol. The van der Waals surface area contributed by atoms with Crippen LogP contribution in [-0.4, -0.2) is 30.6 Å². The minimum Gasteiger partial charge on any atom is -0.316 e. The van der Waals surface area contributed by atoms with E-state index < -0.39 is 5.67 Å². The molecular formula is C17H21FN2O2. The number of nitrogens with one attached hydrogen (secondary N) is 2. The molecule has 2 aliphatic heterocycles. The van der Waals surface area contributed by atoms with E-state index in [2.05, 4.69) is 10.6 Å². The first-order valence-electron chi connectivity index (χ1n) is 7.88. The standard InChI is InChI=1S/C17H21FN2O2/c18-17(7-9-19-10-8-17)11-12-1-3-13(4-2-12)14-5-6-15(21)20-16(14)22/h1-4,14,19H,5-11H2,(H,20,21,22). The largest absolute Gasteiger partial charge is 0.316 e. The van der Waals surface area contributed by atoms with Crippen LogP contribution in [-0.2, 0) is 16.0 Å². The summed E-state index contributed by atoms with van der Waals surface area (Å²) in [6.45, 7) is 1.45. The Morgan fingerprint density at radius 1 is 1.14 bits per heavy atom. The van der Waals surface area contributed by atoms with Crippen molar-refractivity contribution in [3.8, 4) is 0 Å². The van der Waals surface area contributed by atoms with Gasteiger partial charge in [-0.1, -0.05) is 24.3 Å². The molecular weight excluding hydrogens is 283 g/mol. The number of alkyl halides is 1. The van der Waals surface area contributed by atoms with E-state index in [1.165, 1.54) is 0 Å². The highest BCUT2D eigenvalue weighted by atomic mass is 19.1. The van der Waals surface area contributed by atoms with Gasteiger partial charge in [0, 0.05) is 12.8 Å². The van der Waals surface area contributed by atoms with Crippen molar-refractivity contribution in [3.05, 3.63) is 35.4 Å². The first kappa shape index (κ1) is 15.2. The lowest BCUT2D eigenvalue weighted by Gasteiger charge is -2.30. The molecule has 0 spiro atoms. The van der Waals surface area contributed by atoms with Gasteiger partial charge in [-0.05, 0) is 43.5 Å². The fourth-order valence-corrected chi connectivity index (χ4v) is 3.30. The Balaban J connectivity index is 1.67. The molecule has 0 saturated carbocycles. The van der Waals surface area contributed by atoms with E-state index in [4.69, 9.17) is 0 Å². The van der Waals surface area contributed by atoms with Gasteiger partial charge in [0.1, 0.15) is 5.67 Å². The number of imide groups is 1. The van der Waals surface area contributed by atoms with E-state index in [1.807, 2.05) is 24.3 Å². The number of carbonyl (C=O) groups excluding carboxylic acids is 2. The second-order valence-corrected chi connectivity index (χ2v) is 6.32. The van der Waals surface area contributed by atoms with Crippen LogP contribution in [0.3, 0.4) is 0 Å². The van der Waals surface area contributed by atoms with Crippen molar-refractivity contribution in [2.45, 2.75) is 43.7 Å². The molecule has 1 aromatic carbocycles. The lowest BCUT2D eigenvalue weighted by molar-refractivity contribution is -0.134. The summed E-state index contributed by atoms with van der Waals surface area (Å²) in [4.78, 5) is 23.0. The van der Waals surface area contributed by atoms with E-state index >= 15 is 0 Å². The van der Waals surface area contributed by atoms with E-state index in [-0.39, 0.29) is 17.7 Å². The molecule has 2 saturated heterocycles. The van der Waals surface area contributed by atoms with Gasteiger partial charge in [-0.3, -0.25) is 14.9 Å². The Morgan fingerprint density at radius 3 is 2.45 bits per heavy atom. The van der Waals surface area contributed by atoms with Crippen LogP contribution in [0.4, 0.5) is 4.39 Å². The maximum absolute atomic E-state index is 14.7. The molecule has 22 heavy (non-hydrogen) atoms. The molecule has 0 aliphatic carbocycles. The summed E-state index contributed by atoms with van der Waals surface area (Å²) < 4.78 is 14.7. The van der Waals surface area contributed by atoms with E-state index in [0.29, 0.717) is 32.1 Å². The zero-order chi connectivity index (χ0) is 15.6. The lowest BCUT2D eigenvalue weighted by atomic mass is 9.86. The third-order valence-electron chi connectivity index (χ3n) is 4.64. The predicted octanol–water partition coefficient (Wildman–Crippen LogP) is 1.84. The molecule has 5 heteroatoms. The number of hydrogen-bond donors (Lipinski definition) is 2. The molecule has 1 aromatic rings. The Hall–Kier alpha value is -1.75. The molecule has 0 radical (unpaired) electrons. The Morgan fingerprint density at radius 2 is 1.82 bits per heavy atom. The van der Waals surface area contributed by atoms with Crippen LogP contribution in [0.25, 0.3) is 0 Å². The van der Waals surface area contributed by atoms with Gasteiger partial charge in [0.25, 0.3) is 0 Å². The molecule has 3 rings (SSSR count). The van der Waals surface area contributed by atoms with Crippen molar-refractivity contribution in [2.75, 3.05) is 13.1 Å². The highest BCUT2D eigenvalue weighted by Gasteiger charge is 2.32. The molecule has 2 N–H and O–H groups in total. The van der Waals surface area contributed by atoms with Crippen LogP contribution in [0, 0.1) is 0 Å². The number of carbonyl (C=O) groups is 2. The molecule has 0 bridgehead atoms. The van der Waals surface area contributed by atoms with Gasteiger partial charge in [-0.25, -0.2) is 4.39 Å². The van der Waals surface area contributed by atoms with Gasteiger partial charge in [0.05, 0.1) is 5.92 Å². The molecule has 0 aromatic heterocycles. The number of hydrogen-bond acceptors (Lipinski definition) is 3. The summed E-state index contributed by atoms with van der Waals surface area (Å²) in [7, 11) is 0. The summed E-state index contributed by atoms with van der Waals surface area (Å²) >= 11 is 0. The van der Waals surface area contributed by atoms with Crippen molar-refractivity contribution >= 4 is 11.8 Å². The Kier molecular flexibility index (Phi) is 4.25. The summed E-state index contributed by atoms with van der Waals surface area (Å²) in [5, 5.41) is 5.54. The van der Waals surface area contributed by atoms with Gasteiger partial charge in [-0.2, -0.15) is 0 Å². The average molecular weight is 304 g/mol. The Labute approximate surface area is 129 Å². The number of amides is 2. The lowest BCUT2D eigenvalue weighted by Crippen LogP contribution is -2.40. The summed E-state index contributed by atoms with van der Waals surface area (Å²) in [6, 6.07) is 7.59. The fraction of sp³-hybridized carbons (Fsp3) is 0.529. The van der Waals surface area contributed by atoms with Gasteiger partial charge in [0.15, 0.2) is 0 Å². The highest BCUT2D eigenvalue weighted by Crippen LogP contribution is 2.29. The fourth-order valence-electron chi connectivity index (χ4n) is 3.30. The topological polar surface area (TPSA) is 58.2 Å². The zero-order valence-corrected chi connectivity index (χ0v) is 12.5. The number of piperidine rings is 2. The molecule has 1 unspecified atom stereocenters. The SMILES string of the molecule is O=C1CCC(c2ccc(CC3(F)CCNCC3)cc2)C(=O)N1. The second kappa shape index (κ2) is 6.16. The normalized spacial score (nSPS) is 24.9. The number of rotatable bonds is 3. The summed E-state index contributed by atoms with van der Waals surface area (Å²) in [5.41, 5.74) is 0.730. The zero-order valence-electron chi connectivity index (χ0n) is 12.5. The minimum absolute atomic E-state index is 0.205. The molecule has 2 heterocycles. The van der Waals surface area contributed by atoms with Crippen molar-refractivity contribution in [1.29, 1.82) is 0 Å². The van der Waals surface area contributed by atoms with Crippen LogP contribution in [0.2, 0.25) is 0 Å². The van der Waals surface area contributed by atoms with Crippen LogP contribution in [0.5, 0.6) is 0 Å².